The van der Waals surface area contributed by atoms with Crippen LogP contribution in [0.25, 0.3) is 11.3 Å². The molecule has 1 aromatic carbocycles. The number of amides is 1. The van der Waals surface area contributed by atoms with E-state index < -0.39 is 17.6 Å². The number of halogens is 3. The number of carbonyl (C=O) groups is 1. The van der Waals surface area contributed by atoms with Crippen LogP contribution >= 0.6 is 0 Å². The summed E-state index contributed by atoms with van der Waals surface area (Å²) in [4.78, 5) is 12.3. The standard InChI is InChI=1S/C17H14F3N5O3/c18-17(19,20)11-3-1-10(2-4-11)13-7-15(28-23-13)21-16(26)14-8-25(24-22-14)12-5-6-27-9-12/h1-4,7-8,12H,5-6,9H2,(H,21,26)/t12-/m1/s1. The molecule has 0 aliphatic carbocycles. The molecule has 0 radical (unpaired) electrons. The van der Waals surface area contributed by atoms with E-state index in [0.717, 1.165) is 18.6 Å². The summed E-state index contributed by atoms with van der Waals surface area (Å²) in [5.41, 5.74) is 0.0450. The highest BCUT2D eigenvalue weighted by Gasteiger charge is 2.30. The van der Waals surface area contributed by atoms with Gasteiger partial charge in [-0.3, -0.25) is 10.1 Å². The Morgan fingerprint density at radius 2 is 2.04 bits per heavy atom. The number of nitrogens with one attached hydrogen (secondary N) is 1. The van der Waals surface area contributed by atoms with Gasteiger partial charge in [-0.15, -0.1) is 5.10 Å². The van der Waals surface area contributed by atoms with Crippen LogP contribution in [0, 0.1) is 0 Å². The summed E-state index contributed by atoms with van der Waals surface area (Å²) in [5, 5.41) is 14.0. The zero-order valence-corrected chi connectivity index (χ0v) is 14.3. The Morgan fingerprint density at radius 1 is 1.25 bits per heavy atom. The first-order valence-corrected chi connectivity index (χ1v) is 8.35. The molecule has 4 rings (SSSR count). The van der Waals surface area contributed by atoms with E-state index in [9.17, 15) is 18.0 Å². The lowest BCUT2D eigenvalue weighted by Gasteiger charge is -2.06. The quantitative estimate of drug-likeness (QED) is 0.732. The van der Waals surface area contributed by atoms with Gasteiger partial charge in [-0.1, -0.05) is 22.5 Å². The smallest absolute Gasteiger partial charge is 0.379 e. The number of carbonyl (C=O) groups excluding carboxylic acids is 1. The monoisotopic (exact) mass is 393 g/mol. The Hall–Kier alpha value is -3.21. The third-order valence-electron chi connectivity index (χ3n) is 4.28. The lowest BCUT2D eigenvalue weighted by atomic mass is 10.1. The maximum Gasteiger partial charge on any atom is 0.416 e. The number of benzene rings is 1. The molecule has 146 valence electrons. The first-order chi connectivity index (χ1) is 13.4. The van der Waals surface area contributed by atoms with Gasteiger partial charge in [-0.05, 0) is 18.6 Å². The van der Waals surface area contributed by atoms with Crippen LogP contribution in [0.4, 0.5) is 19.1 Å². The van der Waals surface area contributed by atoms with Gasteiger partial charge in [0, 0.05) is 18.2 Å². The predicted octanol–water partition coefficient (Wildman–Crippen LogP) is 3.17. The number of hydrogen-bond donors (Lipinski definition) is 1. The molecule has 28 heavy (non-hydrogen) atoms. The summed E-state index contributed by atoms with van der Waals surface area (Å²) in [6.45, 7) is 1.15. The number of anilines is 1. The molecular formula is C17H14F3N5O3. The fourth-order valence-electron chi connectivity index (χ4n) is 2.77. The number of ether oxygens (including phenoxy) is 1. The van der Waals surface area contributed by atoms with Crippen molar-refractivity contribution in [1.82, 2.24) is 20.2 Å². The Balaban J connectivity index is 1.44. The Kier molecular flexibility index (Phi) is 4.59. The second-order valence-corrected chi connectivity index (χ2v) is 6.21. The van der Waals surface area contributed by atoms with Crippen molar-refractivity contribution in [3.63, 3.8) is 0 Å². The van der Waals surface area contributed by atoms with Gasteiger partial charge in [-0.25, -0.2) is 4.68 Å². The number of aromatic nitrogens is 4. The summed E-state index contributed by atoms with van der Waals surface area (Å²) in [6.07, 6.45) is -2.10. The Labute approximate surface area is 156 Å². The van der Waals surface area contributed by atoms with Crippen LogP contribution in [0.5, 0.6) is 0 Å². The molecule has 1 atom stereocenters. The summed E-state index contributed by atoms with van der Waals surface area (Å²) in [7, 11) is 0. The molecule has 0 unspecified atom stereocenters. The minimum absolute atomic E-state index is 0.0404. The van der Waals surface area contributed by atoms with Crippen LogP contribution in [-0.2, 0) is 10.9 Å². The summed E-state index contributed by atoms with van der Waals surface area (Å²) >= 11 is 0. The van der Waals surface area contributed by atoms with Crippen molar-refractivity contribution in [2.75, 3.05) is 18.5 Å². The van der Waals surface area contributed by atoms with Gasteiger partial charge in [0.25, 0.3) is 5.91 Å². The van der Waals surface area contributed by atoms with Gasteiger partial charge in [0.05, 0.1) is 24.4 Å². The van der Waals surface area contributed by atoms with Gasteiger partial charge in [0.15, 0.2) is 5.69 Å². The van der Waals surface area contributed by atoms with Gasteiger partial charge in [-0.2, -0.15) is 13.2 Å². The summed E-state index contributed by atoms with van der Waals surface area (Å²) in [6, 6.07) is 5.92. The van der Waals surface area contributed by atoms with Crippen molar-refractivity contribution in [1.29, 1.82) is 0 Å². The second kappa shape index (κ2) is 7.08. The van der Waals surface area contributed by atoms with Gasteiger partial charge < -0.3 is 9.26 Å². The largest absolute Gasteiger partial charge is 0.416 e. The Bertz CT molecular complexity index is 975. The number of alkyl halides is 3. The van der Waals surface area contributed by atoms with Gasteiger partial charge >= 0.3 is 6.18 Å². The molecule has 0 saturated carbocycles. The van der Waals surface area contributed by atoms with Crippen LogP contribution in [0.1, 0.15) is 28.5 Å². The van der Waals surface area contributed by atoms with E-state index in [0.29, 0.717) is 18.8 Å². The predicted molar refractivity (Wildman–Crippen MR) is 89.4 cm³/mol. The first kappa shape index (κ1) is 18.2. The fraction of sp³-hybridized carbons (Fsp3) is 0.294. The minimum atomic E-state index is -4.41. The first-order valence-electron chi connectivity index (χ1n) is 8.35. The number of nitrogens with zero attached hydrogens (tertiary/aromatic N) is 4. The lowest BCUT2D eigenvalue weighted by molar-refractivity contribution is -0.137. The second-order valence-electron chi connectivity index (χ2n) is 6.21. The van der Waals surface area contributed by atoms with Crippen molar-refractivity contribution >= 4 is 11.8 Å². The molecule has 1 aliphatic heterocycles. The van der Waals surface area contributed by atoms with Crippen molar-refractivity contribution in [3.8, 4) is 11.3 Å². The SMILES string of the molecule is O=C(Nc1cc(-c2ccc(C(F)(F)F)cc2)no1)c1cn([C@@H]2CCOC2)nn1. The van der Waals surface area contributed by atoms with Crippen LogP contribution in [-0.4, -0.2) is 39.3 Å². The molecule has 8 nitrogen and oxygen atoms in total. The summed E-state index contributed by atoms with van der Waals surface area (Å²) < 4.78 is 49.8. The van der Waals surface area contributed by atoms with Crippen molar-refractivity contribution in [3.05, 3.63) is 47.8 Å². The van der Waals surface area contributed by atoms with Crippen LogP contribution < -0.4 is 5.32 Å². The Morgan fingerprint density at radius 3 is 2.71 bits per heavy atom. The minimum Gasteiger partial charge on any atom is -0.379 e. The van der Waals surface area contributed by atoms with Crippen molar-refractivity contribution in [2.45, 2.75) is 18.6 Å². The third-order valence-corrected chi connectivity index (χ3v) is 4.28. The van der Waals surface area contributed by atoms with Crippen LogP contribution in [0.3, 0.4) is 0 Å². The molecular weight excluding hydrogens is 379 g/mol. The topological polar surface area (TPSA) is 95.1 Å². The highest BCUT2D eigenvalue weighted by molar-refractivity contribution is 6.02. The molecule has 3 heterocycles. The van der Waals surface area contributed by atoms with E-state index >= 15 is 0 Å². The fourth-order valence-corrected chi connectivity index (χ4v) is 2.77. The molecule has 1 aliphatic rings. The van der Waals surface area contributed by atoms with Crippen molar-refractivity contribution < 1.29 is 27.2 Å². The average molecular weight is 393 g/mol. The molecule has 1 amide bonds. The van der Waals surface area contributed by atoms with E-state index in [2.05, 4.69) is 20.8 Å². The number of hydrogen-bond acceptors (Lipinski definition) is 6. The number of rotatable bonds is 4. The average Bonchev–Trinajstić information content (AvgIpc) is 3.41. The van der Waals surface area contributed by atoms with E-state index in [4.69, 9.17) is 9.26 Å². The lowest BCUT2D eigenvalue weighted by Crippen LogP contribution is -2.12. The van der Waals surface area contributed by atoms with Gasteiger partial charge in [0.2, 0.25) is 5.88 Å². The van der Waals surface area contributed by atoms with E-state index in [1.807, 2.05) is 0 Å². The summed E-state index contributed by atoms with van der Waals surface area (Å²) in [5.74, 6) is -0.501. The molecule has 3 aromatic rings. The molecule has 1 fully saturated rings. The van der Waals surface area contributed by atoms with Gasteiger partial charge in [0.1, 0.15) is 5.69 Å². The molecule has 0 bridgehead atoms. The highest BCUT2D eigenvalue weighted by atomic mass is 19.4. The van der Waals surface area contributed by atoms with E-state index in [-0.39, 0.29) is 23.3 Å². The van der Waals surface area contributed by atoms with E-state index in [1.54, 1.807) is 4.68 Å². The normalized spacial score (nSPS) is 17.0. The third kappa shape index (κ3) is 3.74. The molecule has 0 spiro atoms. The van der Waals surface area contributed by atoms with Crippen LogP contribution in [0.15, 0.2) is 41.1 Å². The molecule has 1 N–H and O–H groups in total. The molecule has 11 heteroatoms. The maximum atomic E-state index is 12.6. The van der Waals surface area contributed by atoms with E-state index in [1.165, 1.54) is 24.4 Å². The maximum absolute atomic E-state index is 12.6. The zero-order valence-electron chi connectivity index (χ0n) is 14.3. The van der Waals surface area contributed by atoms with Crippen molar-refractivity contribution in [2.24, 2.45) is 0 Å². The highest BCUT2D eigenvalue weighted by Crippen LogP contribution is 2.31. The van der Waals surface area contributed by atoms with Crippen LogP contribution in [0.2, 0.25) is 0 Å². The zero-order chi connectivity index (χ0) is 19.7. The molecule has 1 saturated heterocycles. The molecule has 2 aromatic heterocycles.